The summed E-state index contributed by atoms with van der Waals surface area (Å²) in [5.41, 5.74) is 0.456. The van der Waals surface area contributed by atoms with Gasteiger partial charge in [-0.15, -0.1) is 0 Å². The summed E-state index contributed by atoms with van der Waals surface area (Å²) in [6.45, 7) is 3.97. The highest BCUT2D eigenvalue weighted by Gasteiger charge is 2.11. The molecule has 0 aromatic heterocycles. The SMILES string of the molecule is CCC(C)OCc1cc(F)ccc1C(=O)O. The molecule has 0 aliphatic carbocycles. The Morgan fingerprint density at radius 3 is 2.81 bits per heavy atom. The van der Waals surface area contributed by atoms with Crippen molar-refractivity contribution in [2.24, 2.45) is 0 Å². The van der Waals surface area contributed by atoms with Gasteiger partial charge in [0.05, 0.1) is 18.3 Å². The number of benzene rings is 1. The standard InChI is InChI=1S/C12H15FO3/c1-3-8(2)16-7-9-6-10(13)4-5-11(9)12(14)15/h4-6,8H,3,7H2,1-2H3,(H,14,15). The van der Waals surface area contributed by atoms with Crippen LogP contribution in [0.5, 0.6) is 0 Å². The number of ether oxygens (including phenoxy) is 1. The fourth-order valence-corrected chi connectivity index (χ4v) is 1.24. The van der Waals surface area contributed by atoms with Gasteiger partial charge in [0.1, 0.15) is 5.82 Å². The summed E-state index contributed by atoms with van der Waals surface area (Å²) in [6, 6.07) is 3.59. The molecule has 0 saturated carbocycles. The van der Waals surface area contributed by atoms with Crippen LogP contribution < -0.4 is 0 Å². The average Bonchev–Trinajstić information content (AvgIpc) is 2.25. The molecule has 88 valence electrons. The van der Waals surface area contributed by atoms with Gasteiger partial charge in [-0.3, -0.25) is 0 Å². The zero-order chi connectivity index (χ0) is 12.1. The van der Waals surface area contributed by atoms with E-state index in [0.29, 0.717) is 5.56 Å². The highest BCUT2D eigenvalue weighted by atomic mass is 19.1. The van der Waals surface area contributed by atoms with Gasteiger partial charge >= 0.3 is 5.97 Å². The third-order valence-electron chi connectivity index (χ3n) is 2.40. The quantitative estimate of drug-likeness (QED) is 0.839. The molecule has 0 aliphatic rings. The average molecular weight is 226 g/mol. The maximum Gasteiger partial charge on any atom is 0.336 e. The van der Waals surface area contributed by atoms with E-state index >= 15 is 0 Å². The molecular weight excluding hydrogens is 211 g/mol. The van der Waals surface area contributed by atoms with E-state index in [9.17, 15) is 9.18 Å². The molecule has 1 N–H and O–H groups in total. The topological polar surface area (TPSA) is 46.5 Å². The Bertz CT molecular complexity index is 377. The van der Waals surface area contributed by atoms with Gasteiger partial charge in [0.25, 0.3) is 0 Å². The van der Waals surface area contributed by atoms with Gasteiger partial charge in [0.15, 0.2) is 0 Å². The molecule has 0 spiro atoms. The van der Waals surface area contributed by atoms with Crippen LogP contribution in [-0.4, -0.2) is 17.2 Å². The van der Waals surface area contributed by atoms with Crippen LogP contribution in [0.25, 0.3) is 0 Å². The second-order valence-electron chi connectivity index (χ2n) is 3.64. The Balaban J connectivity index is 2.84. The maximum absolute atomic E-state index is 13.0. The lowest BCUT2D eigenvalue weighted by Gasteiger charge is -2.12. The summed E-state index contributed by atoms with van der Waals surface area (Å²) in [4.78, 5) is 10.9. The molecule has 0 heterocycles. The predicted octanol–water partition coefficient (Wildman–Crippen LogP) is 2.84. The van der Waals surface area contributed by atoms with Crippen LogP contribution in [0.2, 0.25) is 0 Å². The third kappa shape index (κ3) is 3.31. The first-order valence-electron chi connectivity index (χ1n) is 5.18. The van der Waals surface area contributed by atoms with Crippen LogP contribution in [0, 0.1) is 5.82 Å². The molecular formula is C12H15FO3. The van der Waals surface area contributed by atoms with Crippen LogP contribution in [-0.2, 0) is 11.3 Å². The van der Waals surface area contributed by atoms with E-state index in [2.05, 4.69) is 0 Å². The molecule has 0 saturated heterocycles. The van der Waals surface area contributed by atoms with Gasteiger partial charge in [-0.2, -0.15) is 0 Å². The van der Waals surface area contributed by atoms with Crippen LogP contribution in [0.1, 0.15) is 36.2 Å². The fraction of sp³-hybridized carbons (Fsp3) is 0.417. The van der Waals surface area contributed by atoms with Gasteiger partial charge in [0, 0.05) is 0 Å². The summed E-state index contributed by atoms with van der Waals surface area (Å²) >= 11 is 0. The van der Waals surface area contributed by atoms with Crippen LogP contribution in [0.15, 0.2) is 18.2 Å². The van der Waals surface area contributed by atoms with Crippen LogP contribution >= 0.6 is 0 Å². The second-order valence-corrected chi connectivity index (χ2v) is 3.64. The van der Waals surface area contributed by atoms with E-state index in [1.54, 1.807) is 0 Å². The lowest BCUT2D eigenvalue weighted by Crippen LogP contribution is -2.10. The number of carboxylic acid groups (broad SMARTS) is 1. The Hall–Kier alpha value is -1.42. The zero-order valence-corrected chi connectivity index (χ0v) is 9.37. The Morgan fingerprint density at radius 2 is 2.25 bits per heavy atom. The highest BCUT2D eigenvalue weighted by Crippen LogP contribution is 2.14. The van der Waals surface area contributed by atoms with Crippen molar-refractivity contribution in [3.8, 4) is 0 Å². The van der Waals surface area contributed by atoms with Crippen molar-refractivity contribution in [2.75, 3.05) is 0 Å². The largest absolute Gasteiger partial charge is 0.478 e. The molecule has 1 rings (SSSR count). The molecule has 0 aliphatic heterocycles. The summed E-state index contributed by atoms with van der Waals surface area (Å²) in [6.07, 6.45) is 0.863. The monoisotopic (exact) mass is 226 g/mol. The first-order valence-corrected chi connectivity index (χ1v) is 5.18. The van der Waals surface area contributed by atoms with Gasteiger partial charge in [-0.1, -0.05) is 6.92 Å². The summed E-state index contributed by atoms with van der Waals surface area (Å²) < 4.78 is 18.4. The Labute approximate surface area is 93.9 Å². The lowest BCUT2D eigenvalue weighted by molar-refractivity contribution is 0.0486. The number of hydrogen-bond donors (Lipinski definition) is 1. The van der Waals surface area contributed by atoms with Gasteiger partial charge in [-0.05, 0) is 37.1 Å². The molecule has 1 aromatic rings. The number of carboxylic acids is 1. The van der Waals surface area contributed by atoms with E-state index in [0.717, 1.165) is 12.5 Å². The molecule has 3 nitrogen and oxygen atoms in total. The molecule has 0 amide bonds. The summed E-state index contributed by atoms with van der Waals surface area (Å²) in [5.74, 6) is -1.52. The highest BCUT2D eigenvalue weighted by molar-refractivity contribution is 5.89. The fourth-order valence-electron chi connectivity index (χ4n) is 1.24. The van der Waals surface area contributed by atoms with Crippen molar-refractivity contribution >= 4 is 5.97 Å². The zero-order valence-electron chi connectivity index (χ0n) is 9.37. The minimum Gasteiger partial charge on any atom is -0.478 e. The van der Waals surface area contributed by atoms with Crippen molar-refractivity contribution in [1.82, 2.24) is 0 Å². The van der Waals surface area contributed by atoms with Crippen molar-refractivity contribution < 1.29 is 19.0 Å². The number of rotatable bonds is 5. The number of halogens is 1. The number of carbonyl (C=O) groups is 1. The van der Waals surface area contributed by atoms with Gasteiger partial charge in [-0.25, -0.2) is 9.18 Å². The maximum atomic E-state index is 13.0. The predicted molar refractivity (Wildman–Crippen MR) is 57.9 cm³/mol. The molecule has 1 unspecified atom stereocenters. The summed E-state index contributed by atoms with van der Waals surface area (Å²) in [5, 5.41) is 8.90. The minimum absolute atomic E-state index is 0.0323. The smallest absolute Gasteiger partial charge is 0.336 e. The second kappa shape index (κ2) is 5.61. The van der Waals surface area contributed by atoms with Crippen LogP contribution in [0.4, 0.5) is 4.39 Å². The molecule has 4 heteroatoms. The first kappa shape index (κ1) is 12.6. The van der Waals surface area contributed by atoms with E-state index in [4.69, 9.17) is 9.84 Å². The Kier molecular flexibility index (Phi) is 4.43. The molecule has 0 radical (unpaired) electrons. The molecule has 0 bridgehead atoms. The third-order valence-corrected chi connectivity index (χ3v) is 2.40. The first-order chi connectivity index (χ1) is 7.54. The van der Waals surface area contributed by atoms with Crippen molar-refractivity contribution in [2.45, 2.75) is 33.0 Å². The van der Waals surface area contributed by atoms with Gasteiger partial charge < -0.3 is 9.84 Å². The Morgan fingerprint density at radius 1 is 1.56 bits per heavy atom. The van der Waals surface area contributed by atoms with E-state index in [-0.39, 0.29) is 18.3 Å². The molecule has 0 fully saturated rings. The van der Waals surface area contributed by atoms with Gasteiger partial charge in [0.2, 0.25) is 0 Å². The normalized spacial score (nSPS) is 12.4. The molecule has 1 aromatic carbocycles. The van der Waals surface area contributed by atoms with E-state index in [1.807, 2.05) is 13.8 Å². The molecule has 16 heavy (non-hydrogen) atoms. The van der Waals surface area contributed by atoms with Crippen LogP contribution in [0.3, 0.4) is 0 Å². The van der Waals surface area contributed by atoms with E-state index < -0.39 is 11.8 Å². The van der Waals surface area contributed by atoms with Crippen molar-refractivity contribution in [3.63, 3.8) is 0 Å². The molecule has 1 atom stereocenters. The lowest BCUT2D eigenvalue weighted by atomic mass is 10.1. The van der Waals surface area contributed by atoms with Crippen molar-refractivity contribution in [1.29, 1.82) is 0 Å². The minimum atomic E-state index is -1.07. The summed E-state index contributed by atoms with van der Waals surface area (Å²) in [7, 11) is 0. The van der Waals surface area contributed by atoms with Crippen molar-refractivity contribution in [3.05, 3.63) is 35.1 Å². The number of aromatic carboxylic acids is 1. The van der Waals surface area contributed by atoms with E-state index in [1.165, 1.54) is 12.1 Å². The number of hydrogen-bond acceptors (Lipinski definition) is 2.